The average Bonchev–Trinajstić information content (AvgIpc) is 2.48. The van der Waals surface area contributed by atoms with Crippen molar-refractivity contribution in [2.75, 3.05) is 0 Å². The predicted octanol–water partition coefficient (Wildman–Crippen LogP) is 2.01. The number of carbonyl (C=O) groups excluding carboxylic acids is 2. The van der Waals surface area contributed by atoms with Crippen molar-refractivity contribution in [2.24, 2.45) is 22.7 Å². The van der Waals surface area contributed by atoms with Gasteiger partial charge in [0, 0.05) is 25.7 Å². The molecule has 0 aromatic rings. The van der Waals surface area contributed by atoms with Crippen molar-refractivity contribution in [3.63, 3.8) is 0 Å². The molecule has 0 N–H and O–H groups in total. The van der Waals surface area contributed by atoms with E-state index in [1.165, 1.54) is 0 Å². The van der Waals surface area contributed by atoms with Crippen molar-refractivity contribution in [3.05, 3.63) is 12.2 Å². The Morgan fingerprint density at radius 1 is 0.727 bits per heavy atom. The van der Waals surface area contributed by atoms with Gasteiger partial charge in [-0.2, -0.15) is 0 Å². The highest BCUT2D eigenvalue weighted by Gasteiger charge is 2.64. The van der Waals surface area contributed by atoms with Gasteiger partial charge < -0.3 is 0 Å². The fourth-order valence-electron chi connectivity index (χ4n) is 3.83. The Balaban J connectivity index is 2.62. The van der Waals surface area contributed by atoms with Crippen LogP contribution in [0.3, 0.4) is 0 Å². The second-order valence-electron chi connectivity index (χ2n) is 5.90. The van der Waals surface area contributed by atoms with Crippen molar-refractivity contribution in [1.82, 2.24) is 0 Å². The quantitative estimate of drug-likeness (QED) is 0.586. The zero-order valence-corrected chi connectivity index (χ0v) is 12.3. The minimum absolute atomic E-state index is 0.0963. The Bertz CT molecular complexity index is 615. The monoisotopic (exact) mass is 288 g/mol. The molecule has 2 nitrogen and oxygen atoms in total. The van der Waals surface area contributed by atoms with Crippen LogP contribution in [0.4, 0.5) is 0 Å². The maximum atomic E-state index is 13.1. The van der Waals surface area contributed by atoms with Gasteiger partial charge in [-0.25, -0.2) is 0 Å². The molecule has 2 bridgehead atoms. The van der Waals surface area contributed by atoms with Gasteiger partial charge >= 0.3 is 0 Å². The molecular weight excluding hydrogens is 272 g/mol. The van der Waals surface area contributed by atoms with Gasteiger partial charge in [-0.1, -0.05) is 12.2 Å². The molecule has 0 aliphatic heterocycles. The molecule has 0 saturated heterocycles. The van der Waals surface area contributed by atoms with Crippen molar-refractivity contribution >= 4 is 11.6 Å². The molecule has 1 fully saturated rings. The minimum Gasteiger partial charge on any atom is -0.298 e. The van der Waals surface area contributed by atoms with E-state index in [2.05, 4.69) is 23.7 Å². The fourth-order valence-corrected chi connectivity index (χ4v) is 3.83. The maximum absolute atomic E-state index is 13.1. The summed E-state index contributed by atoms with van der Waals surface area (Å²) in [4.78, 5) is 26.1. The lowest BCUT2D eigenvalue weighted by atomic mass is 9.46. The first-order chi connectivity index (χ1) is 10.5. The lowest BCUT2D eigenvalue weighted by Crippen LogP contribution is -2.61. The van der Waals surface area contributed by atoms with E-state index >= 15 is 0 Å². The van der Waals surface area contributed by atoms with Crippen molar-refractivity contribution in [2.45, 2.75) is 25.7 Å². The van der Waals surface area contributed by atoms with E-state index < -0.39 is 22.7 Å². The molecule has 0 aromatic heterocycles. The van der Waals surface area contributed by atoms with Crippen LogP contribution in [0.15, 0.2) is 12.2 Å². The number of hydrogen-bond acceptors (Lipinski definition) is 2. The first-order valence-corrected chi connectivity index (χ1v) is 7.05. The molecule has 1 saturated carbocycles. The molecule has 3 aliphatic carbocycles. The highest BCUT2D eigenvalue weighted by atomic mass is 16.1. The summed E-state index contributed by atoms with van der Waals surface area (Å²) in [5.74, 6) is 8.56. The lowest BCUT2D eigenvalue weighted by Gasteiger charge is -2.53. The van der Waals surface area contributed by atoms with Crippen molar-refractivity contribution in [3.8, 4) is 49.4 Å². The number of hydrogen-bond donors (Lipinski definition) is 0. The van der Waals surface area contributed by atoms with Crippen LogP contribution in [0.25, 0.3) is 0 Å². The highest BCUT2D eigenvalue weighted by Crippen LogP contribution is 2.57. The van der Waals surface area contributed by atoms with Crippen LogP contribution in [-0.2, 0) is 9.59 Å². The van der Waals surface area contributed by atoms with E-state index in [0.717, 1.165) is 0 Å². The SMILES string of the molecule is C#CCC1(CC#C)C(=O)C2C=CC1C(=O)C2(CC#C)CC#C. The number of rotatable bonds is 4. The molecule has 22 heavy (non-hydrogen) atoms. The van der Waals surface area contributed by atoms with Crippen LogP contribution in [0, 0.1) is 72.0 Å². The van der Waals surface area contributed by atoms with E-state index in [4.69, 9.17) is 25.7 Å². The number of ketones is 2. The minimum atomic E-state index is -1.01. The van der Waals surface area contributed by atoms with E-state index in [-0.39, 0.29) is 37.2 Å². The predicted molar refractivity (Wildman–Crippen MR) is 84.8 cm³/mol. The van der Waals surface area contributed by atoms with Crippen LogP contribution in [0.2, 0.25) is 0 Å². The molecule has 0 heterocycles. The molecule has 0 spiro atoms. The van der Waals surface area contributed by atoms with Crippen LogP contribution >= 0.6 is 0 Å². The van der Waals surface area contributed by atoms with E-state index in [0.29, 0.717) is 0 Å². The van der Waals surface area contributed by atoms with Gasteiger partial charge in [-0.3, -0.25) is 9.59 Å². The largest absolute Gasteiger partial charge is 0.298 e. The van der Waals surface area contributed by atoms with Gasteiger partial charge in [-0.05, 0) is 0 Å². The number of allylic oxidation sites excluding steroid dienone is 2. The number of terminal acetylenes is 4. The van der Waals surface area contributed by atoms with Crippen LogP contribution in [0.1, 0.15) is 25.7 Å². The lowest BCUT2D eigenvalue weighted by molar-refractivity contribution is -0.159. The molecule has 2 unspecified atom stereocenters. The summed E-state index contributed by atoms with van der Waals surface area (Å²) in [7, 11) is 0. The van der Waals surface area contributed by atoms with Gasteiger partial charge in [0.2, 0.25) is 0 Å². The summed E-state index contributed by atoms with van der Waals surface area (Å²) < 4.78 is 0. The van der Waals surface area contributed by atoms with Crippen molar-refractivity contribution < 1.29 is 9.59 Å². The fraction of sp³-hybridized carbons (Fsp3) is 0.400. The van der Waals surface area contributed by atoms with Crippen molar-refractivity contribution in [1.29, 1.82) is 0 Å². The third kappa shape index (κ3) is 1.82. The zero-order chi connectivity index (χ0) is 16.4. The van der Waals surface area contributed by atoms with Gasteiger partial charge in [0.25, 0.3) is 0 Å². The van der Waals surface area contributed by atoms with Crippen LogP contribution in [-0.4, -0.2) is 11.6 Å². The summed E-state index contributed by atoms with van der Waals surface area (Å²) >= 11 is 0. The van der Waals surface area contributed by atoms with E-state index in [9.17, 15) is 9.59 Å². The van der Waals surface area contributed by atoms with Gasteiger partial charge in [0.15, 0.2) is 0 Å². The summed E-state index contributed by atoms with van der Waals surface area (Å²) in [5, 5.41) is 0. The third-order valence-corrected chi connectivity index (χ3v) is 4.90. The smallest absolute Gasteiger partial charge is 0.149 e. The second kappa shape index (κ2) is 5.60. The number of Topliss-reactive ketones (excluding diaryl/α,β-unsaturated/α-hetero) is 2. The molecule has 0 amide bonds. The average molecular weight is 288 g/mol. The topological polar surface area (TPSA) is 34.1 Å². The molecular formula is C20H16O2. The van der Waals surface area contributed by atoms with E-state index in [1.54, 1.807) is 12.2 Å². The molecule has 0 radical (unpaired) electrons. The third-order valence-electron chi connectivity index (χ3n) is 4.90. The molecule has 2 heteroatoms. The summed E-state index contributed by atoms with van der Waals surface area (Å²) in [6, 6.07) is 0. The molecule has 108 valence electrons. The molecule has 0 aromatic carbocycles. The number of fused-ring (bicyclic) bond motifs is 2. The molecule has 3 aliphatic rings. The Hall–Kier alpha value is -2.68. The summed E-state index contributed by atoms with van der Waals surface area (Å²) in [6.07, 6.45) is 25.8. The van der Waals surface area contributed by atoms with Crippen LogP contribution in [0.5, 0.6) is 0 Å². The highest BCUT2D eigenvalue weighted by molar-refractivity contribution is 6.08. The molecule has 2 atom stereocenters. The molecule has 3 rings (SSSR count). The Labute approximate surface area is 131 Å². The first kappa shape index (κ1) is 15.7. The maximum Gasteiger partial charge on any atom is 0.149 e. The Morgan fingerprint density at radius 3 is 1.23 bits per heavy atom. The number of carbonyl (C=O) groups is 2. The summed E-state index contributed by atoms with van der Waals surface area (Å²) in [6.45, 7) is 0. The standard InChI is InChI=1S/C20H16O2/c1-5-11-19(12-6-2)15-9-10-16(17(19)21)20(13-7-3,14-8-4)18(15)22/h1-4,9-10,15-16H,11-14H2. The first-order valence-electron chi connectivity index (χ1n) is 7.05. The van der Waals surface area contributed by atoms with Gasteiger partial charge in [0.05, 0.1) is 22.7 Å². The van der Waals surface area contributed by atoms with E-state index in [1.807, 2.05) is 0 Å². The Kier molecular flexibility index (Phi) is 4.00. The van der Waals surface area contributed by atoms with Crippen LogP contribution < -0.4 is 0 Å². The van der Waals surface area contributed by atoms with Gasteiger partial charge in [0.1, 0.15) is 11.6 Å². The normalized spacial score (nSPS) is 26.5. The zero-order valence-electron chi connectivity index (χ0n) is 12.3. The van der Waals surface area contributed by atoms with Gasteiger partial charge in [-0.15, -0.1) is 49.4 Å². The Morgan fingerprint density at radius 2 is 1.00 bits per heavy atom. The second-order valence-corrected chi connectivity index (χ2v) is 5.90. The summed E-state index contributed by atoms with van der Waals surface area (Å²) in [5.41, 5.74) is -2.01.